The van der Waals surface area contributed by atoms with Crippen LogP contribution in [0.25, 0.3) is 0 Å². The summed E-state index contributed by atoms with van der Waals surface area (Å²) < 4.78 is 53.8. The van der Waals surface area contributed by atoms with Crippen LogP contribution in [-0.4, -0.2) is 96.0 Å². The summed E-state index contributed by atoms with van der Waals surface area (Å²) in [6, 6.07) is 0. The van der Waals surface area contributed by atoms with Gasteiger partial charge in [-0.3, -0.25) is 14.1 Å². The molecule has 6 atom stereocenters. The van der Waals surface area contributed by atoms with E-state index in [9.17, 15) is 37.9 Å². The van der Waals surface area contributed by atoms with E-state index in [1.54, 1.807) is 0 Å². The number of aliphatic hydroxyl groups is 3. The van der Waals surface area contributed by atoms with E-state index in [2.05, 4.69) is 50.3 Å². The van der Waals surface area contributed by atoms with Crippen molar-refractivity contribution in [3.63, 3.8) is 0 Å². The SMILES string of the molecule is CCCC/C=C/CCCCCCCC(=O)O[C@H](COC(=O)CCCCCCC/C=C/C=C/CCCCCC)CO[C@H]1O[C@H](CS(=O)(=O)O)[C@@H](O)C(O)C1O. The molecule has 0 aromatic carbocycles. The predicted octanol–water partition coefficient (Wildman–Crippen LogP) is 7.44. The van der Waals surface area contributed by atoms with E-state index in [0.717, 1.165) is 77.0 Å². The lowest BCUT2D eigenvalue weighted by Gasteiger charge is -2.40. The molecule has 1 rings (SSSR count). The fourth-order valence-corrected chi connectivity index (χ4v) is 6.63. The third kappa shape index (κ3) is 26.6. The van der Waals surface area contributed by atoms with E-state index < -0.39 is 71.2 Å². The Labute approximate surface area is 325 Å². The number of allylic oxidation sites excluding steroid dienone is 6. The summed E-state index contributed by atoms with van der Waals surface area (Å²) in [5.74, 6) is -2.02. The van der Waals surface area contributed by atoms with Crippen LogP contribution in [0.3, 0.4) is 0 Å². The number of ether oxygens (including phenoxy) is 4. The Balaban J connectivity index is 2.51. The fraction of sp³-hybridized carbons (Fsp3) is 0.805. The monoisotopic (exact) mass is 788 g/mol. The highest BCUT2D eigenvalue weighted by atomic mass is 32.2. The molecule has 1 saturated heterocycles. The molecule has 0 aromatic heterocycles. The summed E-state index contributed by atoms with van der Waals surface area (Å²) in [6.45, 7) is 3.65. The number of hydrogen-bond acceptors (Lipinski definition) is 11. The van der Waals surface area contributed by atoms with Gasteiger partial charge in [-0.1, -0.05) is 121 Å². The maximum absolute atomic E-state index is 12.7. The topological polar surface area (TPSA) is 186 Å². The molecule has 0 aliphatic carbocycles. The second kappa shape index (κ2) is 32.0. The largest absolute Gasteiger partial charge is 0.462 e. The molecular weight excluding hydrogens is 717 g/mol. The molecule has 13 heteroatoms. The standard InChI is InChI=1S/C41H72O12S/c1-3-5-7-9-11-13-15-16-17-18-20-21-23-25-27-29-36(42)50-31-34(52-37(43)30-28-26-24-22-19-14-12-10-8-6-4-2)32-51-41-40(46)39(45)38(44)35(53-41)33-54(47,48)49/h10,12-13,15-17,34-35,38-41,44-46H,3-9,11,14,18-33H2,1-2H3,(H,47,48,49)/b12-10+,15-13+,17-16+/t34-,35-,38-,39?,40?,41+/m1/s1. The third-order valence-corrected chi connectivity index (χ3v) is 9.97. The zero-order valence-corrected chi connectivity index (χ0v) is 33.9. The Morgan fingerprint density at radius 2 is 1.13 bits per heavy atom. The summed E-state index contributed by atoms with van der Waals surface area (Å²) in [4.78, 5) is 25.3. The summed E-state index contributed by atoms with van der Waals surface area (Å²) in [5, 5.41) is 30.8. The number of hydrogen-bond donors (Lipinski definition) is 4. The van der Waals surface area contributed by atoms with Crippen molar-refractivity contribution in [3.05, 3.63) is 36.5 Å². The highest BCUT2D eigenvalue weighted by Gasteiger charge is 2.46. The van der Waals surface area contributed by atoms with Crippen LogP contribution < -0.4 is 0 Å². The number of rotatable bonds is 33. The molecule has 314 valence electrons. The summed E-state index contributed by atoms with van der Waals surface area (Å²) in [7, 11) is -4.60. The van der Waals surface area contributed by atoms with Crippen molar-refractivity contribution >= 4 is 22.1 Å². The molecule has 0 amide bonds. The normalized spacial score (nSPS) is 21.3. The van der Waals surface area contributed by atoms with Gasteiger partial charge in [0.15, 0.2) is 12.4 Å². The molecule has 4 N–H and O–H groups in total. The van der Waals surface area contributed by atoms with Crippen molar-refractivity contribution in [3.8, 4) is 0 Å². The zero-order valence-electron chi connectivity index (χ0n) is 33.1. The minimum Gasteiger partial charge on any atom is -0.462 e. The number of aliphatic hydroxyl groups excluding tert-OH is 3. The van der Waals surface area contributed by atoms with Crippen LogP contribution >= 0.6 is 0 Å². The second-order valence-electron chi connectivity index (χ2n) is 14.3. The van der Waals surface area contributed by atoms with Crippen LogP contribution in [0.4, 0.5) is 0 Å². The van der Waals surface area contributed by atoms with Gasteiger partial charge in [-0.2, -0.15) is 8.42 Å². The first-order valence-corrected chi connectivity index (χ1v) is 22.2. The quantitative estimate of drug-likeness (QED) is 0.0170. The van der Waals surface area contributed by atoms with Crippen LogP contribution in [0.1, 0.15) is 155 Å². The molecule has 1 aliphatic rings. The maximum atomic E-state index is 12.7. The highest BCUT2D eigenvalue weighted by molar-refractivity contribution is 7.85. The lowest BCUT2D eigenvalue weighted by atomic mass is 10.00. The van der Waals surface area contributed by atoms with Gasteiger partial charge in [0.25, 0.3) is 10.1 Å². The van der Waals surface area contributed by atoms with Crippen molar-refractivity contribution in [1.82, 2.24) is 0 Å². The van der Waals surface area contributed by atoms with Gasteiger partial charge in [0.1, 0.15) is 36.8 Å². The van der Waals surface area contributed by atoms with Gasteiger partial charge in [0.2, 0.25) is 0 Å². The van der Waals surface area contributed by atoms with Crippen LogP contribution in [0.15, 0.2) is 36.5 Å². The van der Waals surface area contributed by atoms with Crippen LogP contribution in [0.2, 0.25) is 0 Å². The van der Waals surface area contributed by atoms with Crippen molar-refractivity contribution in [1.29, 1.82) is 0 Å². The molecule has 0 bridgehead atoms. The first-order valence-electron chi connectivity index (χ1n) is 20.6. The molecule has 2 unspecified atom stereocenters. The van der Waals surface area contributed by atoms with E-state index in [4.69, 9.17) is 18.9 Å². The second-order valence-corrected chi connectivity index (χ2v) is 15.8. The molecule has 0 radical (unpaired) electrons. The van der Waals surface area contributed by atoms with Crippen LogP contribution in [0, 0.1) is 0 Å². The van der Waals surface area contributed by atoms with Crippen molar-refractivity contribution in [2.75, 3.05) is 19.0 Å². The Morgan fingerprint density at radius 1 is 0.630 bits per heavy atom. The number of carbonyl (C=O) groups is 2. The van der Waals surface area contributed by atoms with Gasteiger partial charge >= 0.3 is 11.9 Å². The Hall–Kier alpha value is -2.13. The Morgan fingerprint density at radius 3 is 1.70 bits per heavy atom. The average molecular weight is 789 g/mol. The van der Waals surface area contributed by atoms with Gasteiger partial charge in [0.05, 0.1) is 6.61 Å². The van der Waals surface area contributed by atoms with Gasteiger partial charge < -0.3 is 34.3 Å². The van der Waals surface area contributed by atoms with Gasteiger partial charge in [-0.25, -0.2) is 0 Å². The summed E-state index contributed by atoms with van der Waals surface area (Å²) in [5.41, 5.74) is 0. The van der Waals surface area contributed by atoms with Crippen LogP contribution in [-0.2, 0) is 38.7 Å². The smallest absolute Gasteiger partial charge is 0.306 e. The lowest BCUT2D eigenvalue weighted by Crippen LogP contribution is -2.60. The van der Waals surface area contributed by atoms with Gasteiger partial charge in [-0.05, 0) is 57.8 Å². The van der Waals surface area contributed by atoms with E-state index in [-0.39, 0.29) is 19.4 Å². The molecular formula is C41H72O12S. The van der Waals surface area contributed by atoms with Crippen LogP contribution in [0.5, 0.6) is 0 Å². The average Bonchev–Trinajstić information content (AvgIpc) is 3.13. The number of carbonyl (C=O) groups excluding carboxylic acids is 2. The third-order valence-electron chi connectivity index (χ3n) is 9.22. The summed E-state index contributed by atoms with van der Waals surface area (Å²) in [6.07, 6.45) is 24.9. The lowest BCUT2D eigenvalue weighted by molar-refractivity contribution is -0.297. The molecule has 12 nitrogen and oxygen atoms in total. The highest BCUT2D eigenvalue weighted by Crippen LogP contribution is 2.24. The minimum absolute atomic E-state index is 0.150. The predicted molar refractivity (Wildman–Crippen MR) is 210 cm³/mol. The molecule has 0 spiro atoms. The van der Waals surface area contributed by atoms with E-state index >= 15 is 0 Å². The van der Waals surface area contributed by atoms with Gasteiger partial charge in [-0.15, -0.1) is 0 Å². The molecule has 1 heterocycles. The van der Waals surface area contributed by atoms with Crippen molar-refractivity contribution in [2.45, 2.75) is 192 Å². The molecule has 0 aromatic rings. The van der Waals surface area contributed by atoms with E-state index in [1.807, 2.05) is 0 Å². The van der Waals surface area contributed by atoms with Crippen molar-refractivity contribution < 1.29 is 56.8 Å². The van der Waals surface area contributed by atoms with E-state index in [1.165, 1.54) is 38.5 Å². The minimum atomic E-state index is -4.60. The number of unbranched alkanes of at least 4 members (excludes halogenated alkanes) is 16. The number of esters is 2. The Kier molecular flexibility index (Phi) is 29.6. The fourth-order valence-electron chi connectivity index (χ4n) is 5.94. The first kappa shape index (κ1) is 49.9. The van der Waals surface area contributed by atoms with Gasteiger partial charge in [0, 0.05) is 12.8 Å². The van der Waals surface area contributed by atoms with Crippen molar-refractivity contribution in [2.24, 2.45) is 0 Å². The molecule has 1 fully saturated rings. The molecule has 54 heavy (non-hydrogen) atoms. The zero-order chi connectivity index (χ0) is 39.9. The Bertz CT molecular complexity index is 1150. The van der Waals surface area contributed by atoms with E-state index in [0.29, 0.717) is 12.8 Å². The molecule has 1 aliphatic heterocycles. The molecule has 0 saturated carbocycles. The first-order chi connectivity index (χ1) is 26.0. The maximum Gasteiger partial charge on any atom is 0.306 e. The summed E-state index contributed by atoms with van der Waals surface area (Å²) >= 11 is 0.